The van der Waals surface area contributed by atoms with Gasteiger partial charge in [0, 0.05) is 24.0 Å². The molecule has 0 radical (unpaired) electrons. The van der Waals surface area contributed by atoms with E-state index in [-0.39, 0.29) is 30.3 Å². The smallest absolute Gasteiger partial charge is 0.168 e. The van der Waals surface area contributed by atoms with Gasteiger partial charge in [-0.1, -0.05) is 0 Å². The predicted molar refractivity (Wildman–Crippen MR) is 190 cm³/mol. The summed E-state index contributed by atoms with van der Waals surface area (Å²) in [4.78, 5) is 25.8. The lowest BCUT2D eigenvalue weighted by Gasteiger charge is -2.17. The van der Waals surface area contributed by atoms with Gasteiger partial charge in [0.1, 0.15) is 60.5 Å². The van der Waals surface area contributed by atoms with Crippen LogP contribution in [0, 0.1) is 0 Å². The first kappa shape index (κ1) is 37.2. The van der Waals surface area contributed by atoms with Gasteiger partial charge in [-0.15, -0.1) is 0 Å². The van der Waals surface area contributed by atoms with Crippen LogP contribution in [0.25, 0.3) is 45.1 Å². The molecule has 0 amide bonds. The number of ether oxygens (including phenoxy) is 4. The van der Waals surface area contributed by atoms with Gasteiger partial charge in [0.05, 0.1) is 39.6 Å². The number of anilines is 2. The summed E-state index contributed by atoms with van der Waals surface area (Å²) >= 11 is 0. The number of nitrogen functional groups attached to an aromatic ring is 2. The highest BCUT2D eigenvalue weighted by Crippen LogP contribution is 2.38. The Bertz CT molecular complexity index is 2010. The molecular formula is C34H40N10O9. The van der Waals surface area contributed by atoms with E-state index in [0.717, 1.165) is 22.6 Å². The van der Waals surface area contributed by atoms with Crippen LogP contribution in [-0.2, 0) is 9.47 Å². The molecule has 0 bridgehead atoms. The highest BCUT2D eigenvalue weighted by atomic mass is 16.5. The molecule has 19 nitrogen and oxygen atoms in total. The Labute approximate surface area is 301 Å². The van der Waals surface area contributed by atoms with Crippen molar-refractivity contribution in [3.05, 3.63) is 61.2 Å². The van der Waals surface area contributed by atoms with Crippen molar-refractivity contribution in [3.63, 3.8) is 0 Å². The van der Waals surface area contributed by atoms with E-state index >= 15 is 0 Å². The Balaban J connectivity index is 0.000000178. The first-order valence-electron chi connectivity index (χ1n) is 16.4. The third kappa shape index (κ3) is 7.01. The van der Waals surface area contributed by atoms with Crippen LogP contribution in [0.15, 0.2) is 61.2 Å². The van der Waals surface area contributed by atoms with Crippen LogP contribution in [0.3, 0.4) is 0 Å². The summed E-state index contributed by atoms with van der Waals surface area (Å²) in [5.74, 6) is 3.16. The Morgan fingerprint density at radius 3 is 1.36 bits per heavy atom. The summed E-state index contributed by atoms with van der Waals surface area (Å²) < 4.78 is 25.6. The van der Waals surface area contributed by atoms with Gasteiger partial charge in [-0.2, -0.15) is 0 Å². The quantitative estimate of drug-likeness (QED) is 0.125. The minimum absolute atomic E-state index is 0. The molecule has 0 saturated carbocycles. The molecule has 6 atom stereocenters. The monoisotopic (exact) mass is 732 g/mol. The van der Waals surface area contributed by atoms with Crippen molar-refractivity contribution in [3.8, 4) is 34.3 Å². The fourth-order valence-electron chi connectivity index (χ4n) is 6.36. The molecule has 2 aromatic carbocycles. The first-order chi connectivity index (χ1) is 25.2. The maximum Gasteiger partial charge on any atom is 0.168 e. The lowest BCUT2D eigenvalue weighted by atomic mass is 10.1. The Hall–Kier alpha value is -5.54. The summed E-state index contributed by atoms with van der Waals surface area (Å²) in [6.07, 6.45) is -0.563. The number of aromatic nitrogens is 8. The lowest BCUT2D eigenvalue weighted by molar-refractivity contribution is -0.0426. The number of methoxy groups -OCH3 is 2. The van der Waals surface area contributed by atoms with Crippen LogP contribution < -0.4 is 20.9 Å². The molecule has 53 heavy (non-hydrogen) atoms. The number of imidazole rings is 2. The number of hydrogen-bond acceptors (Lipinski definition) is 16. The van der Waals surface area contributed by atoms with Gasteiger partial charge >= 0.3 is 0 Å². The van der Waals surface area contributed by atoms with Crippen LogP contribution >= 0.6 is 0 Å². The third-order valence-electron chi connectivity index (χ3n) is 9.05. The molecule has 6 heterocycles. The summed E-state index contributed by atoms with van der Waals surface area (Å²) in [6.45, 7) is -0.529. The minimum atomic E-state index is -0.773. The Kier molecular flexibility index (Phi) is 11.0. The number of nitrogens with zero attached hydrogens (tertiary/aromatic N) is 8. The number of aliphatic hydroxyl groups excluding tert-OH is 4. The maximum atomic E-state index is 10.1. The van der Waals surface area contributed by atoms with Crippen molar-refractivity contribution >= 4 is 34.0 Å². The van der Waals surface area contributed by atoms with Crippen molar-refractivity contribution < 1.29 is 44.8 Å². The minimum Gasteiger partial charge on any atom is -0.497 e. The zero-order valence-corrected chi connectivity index (χ0v) is 28.7. The standard InChI is InChI=1S/2C17H19N5O4.H2O/c2*1-25-10-4-2-9(3-5-10)16-21-14-15(18)19-8-20-17(14)22(16)13-6-11(24)12(7-23)26-13;/h2*2-5,8,11-13,23-24H,6-7H2,1H3,(H2,18,19,20);1H2/t2*11-,12+,13+;/m00./s1. The summed E-state index contributed by atoms with van der Waals surface area (Å²) in [5.41, 5.74) is 15.5. The van der Waals surface area contributed by atoms with Gasteiger partial charge in [0.2, 0.25) is 0 Å². The molecule has 0 unspecified atom stereocenters. The van der Waals surface area contributed by atoms with Crippen LogP contribution in [0.4, 0.5) is 11.6 Å². The molecule has 4 aromatic heterocycles. The number of aliphatic hydroxyl groups is 4. The van der Waals surface area contributed by atoms with E-state index in [4.69, 9.17) is 30.4 Å². The van der Waals surface area contributed by atoms with E-state index in [9.17, 15) is 20.4 Å². The van der Waals surface area contributed by atoms with Crippen molar-refractivity contribution in [1.29, 1.82) is 0 Å². The molecule has 2 saturated heterocycles. The molecule has 2 aliphatic rings. The third-order valence-corrected chi connectivity index (χ3v) is 9.05. The molecule has 19 heteroatoms. The highest BCUT2D eigenvalue weighted by molar-refractivity contribution is 5.86. The number of fused-ring (bicyclic) bond motifs is 2. The number of rotatable bonds is 8. The molecule has 2 fully saturated rings. The van der Waals surface area contributed by atoms with Crippen LogP contribution in [0.2, 0.25) is 0 Å². The molecule has 280 valence electrons. The summed E-state index contributed by atoms with van der Waals surface area (Å²) in [7, 11) is 3.20. The highest BCUT2D eigenvalue weighted by Gasteiger charge is 2.38. The maximum absolute atomic E-state index is 10.1. The van der Waals surface area contributed by atoms with E-state index in [1.165, 1.54) is 12.7 Å². The average Bonchev–Trinajstić information content (AvgIpc) is 3.95. The second-order valence-corrected chi connectivity index (χ2v) is 12.2. The molecule has 0 aliphatic carbocycles. The van der Waals surface area contributed by atoms with Gasteiger partial charge in [-0.3, -0.25) is 9.13 Å². The van der Waals surface area contributed by atoms with Crippen molar-refractivity contribution in [2.75, 3.05) is 38.9 Å². The van der Waals surface area contributed by atoms with Gasteiger partial charge in [-0.25, -0.2) is 29.9 Å². The zero-order valence-electron chi connectivity index (χ0n) is 28.7. The van der Waals surface area contributed by atoms with E-state index < -0.39 is 36.9 Å². The van der Waals surface area contributed by atoms with Crippen LogP contribution in [-0.4, -0.2) is 117 Å². The lowest BCUT2D eigenvalue weighted by Crippen LogP contribution is -2.24. The molecule has 0 spiro atoms. The second-order valence-electron chi connectivity index (χ2n) is 12.2. The van der Waals surface area contributed by atoms with E-state index in [1.807, 2.05) is 48.5 Å². The summed E-state index contributed by atoms with van der Waals surface area (Å²) in [5, 5.41) is 39.0. The zero-order chi connectivity index (χ0) is 36.5. The topological polar surface area (TPSA) is 289 Å². The number of benzene rings is 2. The fraction of sp³-hybridized carbons (Fsp3) is 0.353. The molecular weight excluding hydrogens is 692 g/mol. The fourth-order valence-corrected chi connectivity index (χ4v) is 6.36. The van der Waals surface area contributed by atoms with Crippen molar-refractivity contribution in [2.45, 2.75) is 49.7 Å². The number of nitrogens with two attached hydrogens (primary N) is 2. The molecule has 8 rings (SSSR count). The van der Waals surface area contributed by atoms with Gasteiger partial charge < -0.3 is 56.3 Å². The average molecular weight is 733 g/mol. The van der Waals surface area contributed by atoms with Gasteiger partial charge in [0.25, 0.3) is 0 Å². The largest absolute Gasteiger partial charge is 0.497 e. The van der Waals surface area contributed by atoms with E-state index in [0.29, 0.717) is 46.8 Å². The SMILES string of the molecule is COc1ccc(-c2nc3c(N)ncnc3n2[C@H]2C[C@H](O)[C@@H](CO)O2)cc1.COc1ccc(-c2nc3c(N)ncnc3n2[C@H]2C[C@H](O)[C@@H](CO)O2)cc1.O. The predicted octanol–water partition coefficient (Wildman–Crippen LogP) is 0.625. The van der Waals surface area contributed by atoms with Gasteiger partial charge in [-0.05, 0) is 48.5 Å². The Morgan fingerprint density at radius 1 is 0.660 bits per heavy atom. The van der Waals surface area contributed by atoms with Crippen molar-refractivity contribution in [2.24, 2.45) is 0 Å². The molecule has 2 aliphatic heterocycles. The molecule has 10 N–H and O–H groups in total. The van der Waals surface area contributed by atoms with Crippen LogP contribution in [0.1, 0.15) is 25.3 Å². The second kappa shape index (κ2) is 15.6. The number of hydrogen-bond donors (Lipinski definition) is 6. The first-order valence-corrected chi connectivity index (χ1v) is 16.4. The van der Waals surface area contributed by atoms with Crippen LogP contribution in [0.5, 0.6) is 11.5 Å². The summed E-state index contributed by atoms with van der Waals surface area (Å²) in [6, 6.07) is 14.8. The normalized spacial score (nSPS) is 22.4. The Morgan fingerprint density at radius 2 is 1.04 bits per heavy atom. The molecule has 6 aromatic rings. The van der Waals surface area contributed by atoms with Gasteiger partial charge in [0.15, 0.2) is 34.0 Å². The van der Waals surface area contributed by atoms with E-state index in [2.05, 4.69) is 29.9 Å². The van der Waals surface area contributed by atoms with Crippen molar-refractivity contribution in [1.82, 2.24) is 39.0 Å². The van der Waals surface area contributed by atoms with E-state index in [1.54, 1.807) is 23.4 Å².